The predicted octanol–water partition coefficient (Wildman–Crippen LogP) is 2.24. The van der Waals surface area contributed by atoms with Gasteiger partial charge in [0.25, 0.3) is 0 Å². The lowest BCUT2D eigenvalue weighted by Crippen LogP contribution is -2.29. The Morgan fingerprint density at radius 1 is 1.44 bits per heavy atom. The number of hydrogen-bond acceptors (Lipinski definition) is 2. The third kappa shape index (κ3) is 3.96. The largest absolute Gasteiger partial charge is 0.353 e. The minimum absolute atomic E-state index is 0.0524. The van der Waals surface area contributed by atoms with Crippen molar-refractivity contribution in [2.75, 3.05) is 6.54 Å². The van der Waals surface area contributed by atoms with Gasteiger partial charge in [-0.25, -0.2) is 4.39 Å². The molecule has 1 aromatic carbocycles. The maximum atomic E-state index is 13.5. The molecule has 5 heteroatoms. The van der Waals surface area contributed by atoms with Crippen molar-refractivity contribution in [1.82, 2.24) is 10.6 Å². The van der Waals surface area contributed by atoms with E-state index < -0.39 is 5.82 Å². The van der Waals surface area contributed by atoms with Gasteiger partial charge in [-0.1, -0.05) is 23.7 Å². The molecule has 1 aliphatic carbocycles. The molecule has 98 valence electrons. The Bertz CT molecular complexity index is 435. The van der Waals surface area contributed by atoms with Crippen LogP contribution in [0, 0.1) is 5.82 Å². The second kappa shape index (κ2) is 6.16. The number of hydrogen-bond donors (Lipinski definition) is 2. The first-order chi connectivity index (χ1) is 8.66. The van der Waals surface area contributed by atoms with Crippen LogP contribution in [-0.4, -0.2) is 18.5 Å². The van der Waals surface area contributed by atoms with Crippen LogP contribution >= 0.6 is 11.6 Å². The first kappa shape index (κ1) is 13.3. The van der Waals surface area contributed by atoms with Gasteiger partial charge < -0.3 is 10.6 Å². The predicted molar refractivity (Wildman–Crippen MR) is 68.9 cm³/mol. The zero-order chi connectivity index (χ0) is 13.0. The van der Waals surface area contributed by atoms with E-state index in [9.17, 15) is 9.18 Å². The van der Waals surface area contributed by atoms with E-state index in [1.54, 1.807) is 12.1 Å². The number of rotatable bonds is 6. The molecule has 0 unspecified atom stereocenters. The monoisotopic (exact) mass is 270 g/mol. The fraction of sp³-hybridized carbons (Fsp3) is 0.462. The quantitative estimate of drug-likeness (QED) is 0.779. The highest BCUT2D eigenvalue weighted by Gasteiger charge is 2.22. The van der Waals surface area contributed by atoms with Gasteiger partial charge in [-0.3, -0.25) is 4.79 Å². The highest BCUT2D eigenvalue weighted by Crippen LogP contribution is 2.18. The van der Waals surface area contributed by atoms with Gasteiger partial charge in [0, 0.05) is 31.1 Å². The molecule has 2 N–H and O–H groups in total. The summed E-state index contributed by atoms with van der Waals surface area (Å²) < 4.78 is 13.5. The Balaban J connectivity index is 1.68. The molecular formula is C13H16ClFN2O. The SMILES string of the molecule is O=C(CCNCc1cccc(Cl)c1F)NC1CC1. The van der Waals surface area contributed by atoms with E-state index >= 15 is 0 Å². The third-order valence-corrected chi connectivity index (χ3v) is 3.11. The van der Waals surface area contributed by atoms with Crippen molar-refractivity contribution in [2.45, 2.75) is 31.8 Å². The maximum absolute atomic E-state index is 13.5. The van der Waals surface area contributed by atoms with Gasteiger partial charge in [-0.15, -0.1) is 0 Å². The van der Waals surface area contributed by atoms with E-state index in [1.165, 1.54) is 6.07 Å². The lowest BCUT2D eigenvalue weighted by Gasteiger charge is -2.07. The van der Waals surface area contributed by atoms with Crippen LogP contribution in [0.3, 0.4) is 0 Å². The van der Waals surface area contributed by atoms with E-state index in [-0.39, 0.29) is 10.9 Å². The molecule has 3 nitrogen and oxygen atoms in total. The van der Waals surface area contributed by atoms with Crippen molar-refractivity contribution < 1.29 is 9.18 Å². The Labute approximate surface area is 111 Å². The molecule has 18 heavy (non-hydrogen) atoms. The van der Waals surface area contributed by atoms with Gasteiger partial charge in [-0.2, -0.15) is 0 Å². The van der Waals surface area contributed by atoms with Crippen molar-refractivity contribution >= 4 is 17.5 Å². The molecule has 0 bridgehead atoms. The standard InChI is InChI=1S/C13H16ClFN2O/c14-11-3-1-2-9(13(11)15)8-16-7-6-12(18)17-10-4-5-10/h1-3,10,16H,4-8H2,(H,17,18). The maximum Gasteiger partial charge on any atom is 0.221 e. The van der Waals surface area contributed by atoms with Crippen molar-refractivity contribution in [2.24, 2.45) is 0 Å². The number of benzene rings is 1. The fourth-order valence-electron chi connectivity index (χ4n) is 1.64. The number of nitrogens with one attached hydrogen (secondary N) is 2. The topological polar surface area (TPSA) is 41.1 Å². The number of amides is 1. The molecule has 1 amide bonds. The van der Waals surface area contributed by atoms with E-state index in [1.807, 2.05) is 0 Å². The minimum atomic E-state index is -0.394. The summed E-state index contributed by atoms with van der Waals surface area (Å²) in [6.07, 6.45) is 2.60. The summed E-state index contributed by atoms with van der Waals surface area (Å²) in [5.74, 6) is -0.342. The zero-order valence-electron chi connectivity index (χ0n) is 10.0. The van der Waals surface area contributed by atoms with Gasteiger partial charge in [0.1, 0.15) is 5.82 Å². The molecule has 0 aliphatic heterocycles. The molecule has 0 saturated heterocycles. The first-order valence-corrected chi connectivity index (χ1v) is 6.47. The molecule has 1 aliphatic rings. The molecule has 2 rings (SSSR count). The molecule has 0 atom stereocenters. The third-order valence-electron chi connectivity index (χ3n) is 2.82. The Hall–Kier alpha value is -1.13. The molecule has 0 heterocycles. The van der Waals surface area contributed by atoms with Crippen LogP contribution in [0.25, 0.3) is 0 Å². The average molecular weight is 271 g/mol. The summed E-state index contributed by atoms with van der Waals surface area (Å²) in [6, 6.07) is 5.30. The van der Waals surface area contributed by atoms with Crippen LogP contribution in [0.5, 0.6) is 0 Å². The zero-order valence-corrected chi connectivity index (χ0v) is 10.8. The molecule has 0 radical (unpaired) electrons. The summed E-state index contributed by atoms with van der Waals surface area (Å²) in [5, 5.41) is 6.06. The van der Waals surface area contributed by atoms with Gasteiger partial charge in [-0.05, 0) is 18.9 Å². The molecule has 1 saturated carbocycles. The summed E-state index contributed by atoms with van der Waals surface area (Å²) >= 11 is 5.67. The second-order valence-corrected chi connectivity index (χ2v) is 4.89. The van der Waals surface area contributed by atoms with Crippen LogP contribution in [-0.2, 0) is 11.3 Å². The van der Waals surface area contributed by atoms with Crippen LogP contribution in [0.1, 0.15) is 24.8 Å². The summed E-state index contributed by atoms with van der Waals surface area (Å²) in [5.41, 5.74) is 0.519. The normalized spacial score (nSPS) is 14.6. The second-order valence-electron chi connectivity index (χ2n) is 4.48. The lowest BCUT2D eigenvalue weighted by atomic mass is 10.2. The van der Waals surface area contributed by atoms with Crippen LogP contribution in [0.15, 0.2) is 18.2 Å². The Kier molecular flexibility index (Phi) is 4.55. The van der Waals surface area contributed by atoms with Crippen molar-refractivity contribution in [3.8, 4) is 0 Å². The molecule has 0 aromatic heterocycles. The minimum Gasteiger partial charge on any atom is -0.353 e. The molecular weight excluding hydrogens is 255 g/mol. The number of carbonyl (C=O) groups excluding carboxylic acids is 1. The number of halogens is 2. The van der Waals surface area contributed by atoms with E-state index in [0.717, 1.165) is 12.8 Å². The average Bonchev–Trinajstić information content (AvgIpc) is 3.13. The van der Waals surface area contributed by atoms with Crippen LogP contribution in [0.4, 0.5) is 4.39 Å². The van der Waals surface area contributed by atoms with Gasteiger partial charge in [0.05, 0.1) is 5.02 Å². The molecule has 1 fully saturated rings. The van der Waals surface area contributed by atoms with E-state index in [2.05, 4.69) is 10.6 Å². The highest BCUT2D eigenvalue weighted by atomic mass is 35.5. The summed E-state index contributed by atoms with van der Waals surface area (Å²) in [6.45, 7) is 0.910. The Morgan fingerprint density at radius 3 is 2.94 bits per heavy atom. The van der Waals surface area contributed by atoms with Crippen molar-refractivity contribution in [3.63, 3.8) is 0 Å². The van der Waals surface area contributed by atoms with Crippen LogP contribution < -0.4 is 10.6 Å². The lowest BCUT2D eigenvalue weighted by molar-refractivity contribution is -0.121. The molecule has 1 aromatic rings. The summed E-state index contributed by atoms with van der Waals surface area (Å²) in [7, 11) is 0. The van der Waals surface area contributed by atoms with Gasteiger partial charge in [0.15, 0.2) is 0 Å². The van der Waals surface area contributed by atoms with E-state index in [4.69, 9.17) is 11.6 Å². The molecule has 0 spiro atoms. The van der Waals surface area contributed by atoms with Gasteiger partial charge in [0.2, 0.25) is 5.91 Å². The number of carbonyl (C=O) groups is 1. The van der Waals surface area contributed by atoms with Crippen molar-refractivity contribution in [1.29, 1.82) is 0 Å². The van der Waals surface area contributed by atoms with Gasteiger partial charge >= 0.3 is 0 Å². The Morgan fingerprint density at radius 2 is 2.22 bits per heavy atom. The first-order valence-electron chi connectivity index (χ1n) is 6.10. The smallest absolute Gasteiger partial charge is 0.221 e. The summed E-state index contributed by atoms with van der Waals surface area (Å²) in [4.78, 5) is 11.4. The van der Waals surface area contributed by atoms with Crippen LogP contribution in [0.2, 0.25) is 5.02 Å². The van der Waals surface area contributed by atoms with E-state index in [0.29, 0.717) is 31.1 Å². The fourth-order valence-corrected chi connectivity index (χ4v) is 1.83. The van der Waals surface area contributed by atoms with Crippen molar-refractivity contribution in [3.05, 3.63) is 34.6 Å². The highest BCUT2D eigenvalue weighted by molar-refractivity contribution is 6.30.